The van der Waals surface area contributed by atoms with Crippen LogP contribution in [0.4, 0.5) is 0 Å². The standard InChI is InChI=1S/C18H22IN3O4S/c1-18(2,10-27-5)22-16(23)15-11(19)7-6-8-12(15)26-17-20-13(24-3)9-14(21-17)25-4/h6-9H,10H2,1-5H3,(H,22,23). The van der Waals surface area contributed by atoms with E-state index in [0.29, 0.717) is 23.1 Å². The number of nitrogens with zero attached hydrogens (tertiary/aromatic N) is 2. The van der Waals surface area contributed by atoms with Gasteiger partial charge in [0.15, 0.2) is 0 Å². The summed E-state index contributed by atoms with van der Waals surface area (Å²) in [5, 5.41) is 3.05. The Morgan fingerprint density at radius 2 is 1.85 bits per heavy atom. The van der Waals surface area contributed by atoms with Crippen molar-refractivity contribution >= 4 is 40.3 Å². The third kappa shape index (κ3) is 5.86. The van der Waals surface area contributed by atoms with E-state index < -0.39 is 0 Å². The Hall–Kier alpha value is -1.75. The van der Waals surface area contributed by atoms with E-state index in [-0.39, 0.29) is 17.5 Å². The molecule has 0 unspecified atom stereocenters. The lowest BCUT2D eigenvalue weighted by molar-refractivity contribution is 0.0917. The third-order valence-electron chi connectivity index (χ3n) is 3.44. The number of nitrogens with one attached hydrogen (secondary N) is 1. The predicted octanol–water partition coefficient (Wildman–Crippen LogP) is 3.76. The number of hydrogen-bond donors (Lipinski definition) is 1. The second-order valence-electron chi connectivity index (χ2n) is 6.22. The molecule has 0 radical (unpaired) electrons. The maximum atomic E-state index is 12.9. The van der Waals surface area contributed by atoms with E-state index in [1.54, 1.807) is 30.0 Å². The van der Waals surface area contributed by atoms with Crippen molar-refractivity contribution in [3.8, 4) is 23.5 Å². The van der Waals surface area contributed by atoms with E-state index >= 15 is 0 Å². The van der Waals surface area contributed by atoms with Gasteiger partial charge in [0.2, 0.25) is 11.8 Å². The topological polar surface area (TPSA) is 82.6 Å². The quantitative estimate of drug-likeness (QED) is 0.550. The van der Waals surface area contributed by atoms with Crippen LogP contribution in [-0.2, 0) is 0 Å². The summed E-state index contributed by atoms with van der Waals surface area (Å²) < 4.78 is 16.8. The molecule has 0 saturated carbocycles. The van der Waals surface area contributed by atoms with Crippen molar-refractivity contribution in [2.45, 2.75) is 19.4 Å². The summed E-state index contributed by atoms with van der Waals surface area (Å²) in [6, 6.07) is 6.93. The molecule has 0 atom stereocenters. The van der Waals surface area contributed by atoms with Gasteiger partial charge in [-0.25, -0.2) is 0 Å². The highest BCUT2D eigenvalue weighted by atomic mass is 127. The molecular weight excluding hydrogens is 481 g/mol. The lowest BCUT2D eigenvalue weighted by Crippen LogP contribution is -2.45. The minimum absolute atomic E-state index is 0.0330. The van der Waals surface area contributed by atoms with E-state index in [1.165, 1.54) is 14.2 Å². The van der Waals surface area contributed by atoms with Gasteiger partial charge in [-0.3, -0.25) is 4.79 Å². The number of ether oxygens (including phenoxy) is 3. The van der Waals surface area contributed by atoms with Crippen molar-refractivity contribution in [1.29, 1.82) is 0 Å². The minimum Gasteiger partial charge on any atom is -0.481 e. The van der Waals surface area contributed by atoms with Crippen molar-refractivity contribution in [2.24, 2.45) is 0 Å². The highest BCUT2D eigenvalue weighted by Gasteiger charge is 2.25. The average Bonchev–Trinajstić information content (AvgIpc) is 2.60. The molecule has 0 aliphatic rings. The van der Waals surface area contributed by atoms with Crippen LogP contribution in [0.3, 0.4) is 0 Å². The zero-order chi connectivity index (χ0) is 20.0. The highest BCUT2D eigenvalue weighted by Crippen LogP contribution is 2.29. The molecule has 2 rings (SSSR count). The maximum Gasteiger partial charge on any atom is 0.328 e. The number of carbonyl (C=O) groups is 1. The smallest absolute Gasteiger partial charge is 0.328 e. The Bertz CT molecular complexity index is 795. The van der Waals surface area contributed by atoms with Crippen molar-refractivity contribution in [2.75, 3.05) is 26.2 Å². The van der Waals surface area contributed by atoms with Gasteiger partial charge in [0.1, 0.15) is 5.75 Å². The van der Waals surface area contributed by atoms with Crippen molar-refractivity contribution < 1.29 is 19.0 Å². The number of benzene rings is 1. The lowest BCUT2D eigenvalue weighted by atomic mass is 10.1. The Kier molecular flexibility index (Phi) is 7.54. The number of carbonyl (C=O) groups excluding carboxylic acids is 1. The molecule has 2 aromatic rings. The first-order valence-corrected chi connectivity index (χ1v) is 10.5. The van der Waals surface area contributed by atoms with Gasteiger partial charge in [-0.1, -0.05) is 6.07 Å². The maximum absolute atomic E-state index is 12.9. The van der Waals surface area contributed by atoms with E-state index in [1.807, 2.05) is 26.2 Å². The zero-order valence-corrected chi connectivity index (χ0v) is 18.8. The van der Waals surface area contributed by atoms with Crippen LogP contribution in [0.5, 0.6) is 23.5 Å². The van der Waals surface area contributed by atoms with Crippen LogP contribution in [-0.4, -0.2) is 47.6 Å². The first kappa shape index (κ1) is 21.5. The molecule has 0 saturated heterocycles. The first-order chi connectivity index (χ1) is 12.8. The molecule has 27 heavy (non-hydrogen) atoms. The number of halogens is 1. The molecular formula is C18H22IN3O4S. The van der Waals surface area contributed by atoms with Crippen molar-refractivity contribution in [3.05, 3.63) is 33.4 Å². The normalized spacial score (nSPS) is 11.0. The molecule has 1 aromatic carbocycles. The zero-order valence-electron chi connectivity index (χ0n) is 15.8. The van der Waals surface area contributed by atoms with E-state index in [0.717, 1.165) is 9.32 Å². The molecule has 0 bridgehead atoms. The fourth-order valence-corrected chi connectivity index (χ4v) is 3.83. The van der Waals surface area contributed by atoms with E-state index in [2.05, 4.69) is 37.9 Å². The third-order valence-corrected chi connectivity index (χ3v) is 5.35. The van der Waals surface area contributed by atoms with Crippen LogP contribution in [0.2, 0.25) is 0 Å². The summed E-state index contributed by atoms with van der Waals surface area (Å²) in [6.45, 7) is 3.96. The van der Waals surface area contributed by atoms with Gasteiger partial charge in [-0.05, 0) is 54.8 Å². The summed E-state index contributed by atoms with van der Waals surface area (Å²) in [5.74, 6) is 1.52. The van der Waals surface area contributed by atoms with Gasteiger partial charge in [0.25, 0.3) is 5.91 Å². The van der Waals surface area contributed by atoms with Crippen LogP contribution in [0.15, 0.2) is 24.3 Å². The minimum atomic E-state index is -0.359. The number of methoxy groups -OCH3 is 2. The van der Waals surface area contributed by atoms with Crippen LogP contribution in [0.1, 0.15) is 24.2 Å². The summed E-state index contributed by atoms with van der Waals surface area (Å²) >= 11 is 3.78. The van der Waals surface area contributed by atoms with Gasteiger partial charge in [-0.15, -0.1) is 0 Å². The van der Waals surface area contributed by atoms with Gasteiger partial charge in [0.05, 0.1) is 25.8 Å². The number of hydrogen-bond acceptors (Lipinski definition) is 7. The Morgan fingerprint density at radius 3 is 2.41 bits per heavy atom. The van der Waals surface area contributed by atoms with E-state index in [9.17, 15) is 4.79 Å². The molecule has 0 fully saturated rings. The molecule has 1 N–H and O–H groups in total. The number of thioether (sulfide) groups is 1. The fraction of sp³-hybridized carbons (Fsp3) is 0.389. The molecule has 0 spiro atoms. The highest BCUT2D eigenvalue weighted by molar-refractivity contribution is 14.1. The summed E-state index contributed by atoms with van der Waals surface area (Å²) in [5.41, 5.74) is 0.0696. The van der Waals surface area contributed by atoms with Crippen LogP contribution in [0, 0.1) is 3.57 Å². The van der Waals surface area contributed by atoms with Crippen LogP contribution in [0.25, 0.3) is 0 Å². The number of aromatic nitrogens is 2. The van der Waals surface area contributed by atoms with Gasteiger partial charge >= 0.3 is 6.01 Å². The average molecular weight is 503 g/mol. The number of amides is 1. The summed E-state index contributed by atoms with van der Waals surface area (Å²) in [4.78, 5) is 21.2. The van der Waals surface area contributed by atoms with Gasteiger partial charge in [-0.2, -0.15) is 21.7 Å². The molecule has 0 aliphatic heterocycles. The molecule has 1 amide bonds. The second kappa shape index (κ2) is 9.45. The second-order valence-corrected chi connectivity index (χ2v) is 8.25. The van der Waals surface area contributed by atoms with Crippen molar-refractivity contribution in [3.63, 3.8) is 0 Å². The first-order valence-electron chi connectivity index (χ1n) is 8.04. The predicted molar refractivity (Wildman–Crippen MR) is 114 cm³/mol. The summed E-state index contributed by atoms with van der Waals surface area (Å²) in [6.07, 6.45) is 2.00. The van der Waals surface area contributed by atoms with Crippen molar-refractivity contribution in [1.82, 2.24) is 15.3 Å². The molecule has 0 aliphatic carbocycles. The SMILES string of the molecule is COc1cc(OC)nc(Oc2cccc(I)c2C(=O)NC(C)(C)CSC)n1. The largest absolute Gasteiger partial charge is 0.481 e. The summed E-state index contributed by atoms with van der Waals surface area (Å²) in [7, 11) is 2.98. The van der Waals surface area contributed by atoms with Gasteiger partial charge in [0, 0.05) is 14.9 Å². The molecule has 7 nitrogen and oxygen atoms in total. The molecule has 1 heterocycles. The van der Waals surface area contributed by atoms with E-state index in [4.69, 9.17) is 14.2 Å². The molecule has 1 aromatic heterocycles. The molecule has 9 heteroatoms. The van der Waals surface area contributed by atoms with Crippen LogP contribution < -0.4 is 19.5 Å². The molecule has 146 valence electrons. The number of rotatable bonds is 8. The Morgan fingerprint density at radius 1 is 1.22 bits per heavy atom. The monoisotopic (exact) mass is 503 g/mol. The van der Waals surface area contributed by atoms with Crippen LogP contribution >= 0.6 is 34.4 Å². The van der Waals surface area contributed by atoms with Gasteiger partial charge < -0.3 is 19.5 Å². The lowest BCUT2D eigenvalue weighted by Gasteiger charge is -2.26. The Balaban J connectivity index is 2.37. The Labute approximate surface area is 176 Å². The fourth-order valence-electron chi connectivity index (χ4n) is 2.31.